The zero-order chi connectivity index (χ0) is 14.6. The maximum atomic E-state index is 12.3. The van der Waals surface area contributed by atoms with Gasteiger partial charge in [0, 0.05) is 25.6 Å². The summed E-state index contributed by atoms with van der Waals surface area (Å²) < 4.78 is 0. The standard InChI is InChI=1S/C17H32N2O/c1-17(2)11-9-15(10-12-17)19(3)16(20)8-7-14-6-4-5-13-18-14/h14-15,18H,4-13H2,1-3H3. The Bertz CT molecular complexity index is 311. The topological polar surface area (TPSA) is 32.3 Å². The average Bonchev–Trinajstić information content (AvgIpc) is 2.45. The molecule has 3 heteroatoms. The summed E-state index contributed by atoms with van der Waals surface area (Å²) in [5, 5.41) is 3.53. The van der Waals surface area contributed by atoms with Crippen molar-refractivity contribution in [3.05, 3.63) is 0 Å². The van der Waals surface area contributed by atoms with Crippen LogP contribution >= 0.6 is 0 Å². The number of carbonyl (C=O) groups excluding carboxylic acids is 1. The minimum Gasteiger partial charge on any atom is -0.343 e. The molecular weight excluding hydrogens is 248 g/mol. The average molecular weight is 280 g/mol. The van der Waals surface area contributed by atoms with E-state index in [1.54, 1.807) is 0 Å². The largest absolute Gasteiger partial charge is 0.343 e. The lowest BCUT2D eigenvalue weighted by Crippen LogP contribution is -2.41. The fraction of sp³-hybridized carbons (Fsp3) is 0.941. The quantitative estimate of drug-likeness (QED) is 0.856. The first-order valence-electron chi connectivity index (χ1n) is 8.47. The molecular formula is C17H32N2O. The zero-order valence-electron chi connectivity index (χ0n) is 13.6. The predicted molar refractivity (Wildman–Crippen MR) is 83.7 cm³/mol. The van der Waals surface area contributed by atoms with Crippen molar-refractivity contribution in [3.63, 3.8) is 0 Å². The summed E-state index contributed by atoms with van der Waals surface area (Å²) in [6.07, 6.45) is 10.4. The Balaban J connectivity index is 1.71. The molecule has 0 bridgehead atoms. The molecule has 2 rings (SSSR count). The molecule has 0 radical (unpaired) electrons. The highest BCUT2D eigenvalue weighted by atomic mass is 16.2. The van der Waals surface area contributed by atoms with E-state index < -0.39 is 0 Å². The third-order valence-corrected chi connectivity index (χ3v) is 5.37. The second kappa shape index (κ2) is 6.93. The molecule has 0 aromatic carbocycles. The second-order valence-corrected chi connectivity index (χ2v) is 7.59. The van der Waals surface area contributed by atoms with E-state index in [9.17, 15) is 4.79 Å². The lowest BCUT2D eigenvalue weighted by molar-refractivity contribution is -0.133. The number of carbonyl (C=O) groups is 1. The highest BCUT2D eigenvalue weighted by molar-refractivity contribution is 5.76. The molecule has 0 spiro atoms. The van der Waals surface area contributed by atoms with Gasteiger partial charge in [0.2, 0.25) is 5.91 Å². The molecule has 20 heavy (non-hydrogen) atoms. The lowest BCUT2D eigenvalue weighted by Gasteiger charge is -2.38. The number of piperidine rings is 1. The molecule has 1 unspecified atom stereocenters. The first-order chi connectivity index (χ1) is 9.48. The Labute approximate surface area is 124 Å². The van der Waals surface area contributed by atoms with Crippen molar-refractivity contribution in [3.8, 4) is 0 Å². The molecule has 1 saturated heterocycles. The monoisotopic (exact) mass is 280 g/mol. The summed E-state index contributed by atoms with van der Waals surface area (Å²) in [5.41, 5.74) is 0.479. The van der Waals surface area contributed by atoms with Crippen molar-refractivity contribution in [1.29, 1.82) is 0 Å². The van der Waals surface area contributed by atoms with Gasteiger partial charge in [-0.15, -0.1) is 0 Å². The Morgan fingerprint density at radius 2 is 1.90 bits per heavy atom. The smallest absolute Gasteiger partial charge is 0.222 e. The molecule has 116 valence electrons. The van der Waals surface area contributed by atoms with Crippen LogP contribution in [0, 0.1) is 5.41 Å². The third-order valence-electron chi connectivity index (χ3n) is 5.37. The van der Waals surface area contributed by atoms with Crippen molar-refractivity contribution >= 4 is 5.91 Å². The van der Waals surface area contributed by atoms with Crippen LogP contribution in [0.2, 0.25) is 0 Å². The highest BCUT2D eigenvalue weighted by Crippen LogP contribution is 2.36. The van der Waals surface area contributed by atoms with E-state index in [1.807, 2.05) is 11.9 Å². The Kier molecular flexibility index (Phi) is 5.48. The van der Waals surface area contributed by atoms with Crippen LogP contribution < -0.4 is 5.32 Å². The Morgan fingerprint density at radius 1 is 1.20 bits per heavy atom. The van der Waals surface area contributed by atoms with Gasteiger partial charge >= 0.3 is 0 Å². The molecule has 1 aliphatic heterocycles. The number of nitrogens with zero attached hydrogens (tertiary/aromatic N) is 1. The van der Waals surface area contributed by atoms with Crippen molar-refractivity contribution in [2.45, 2.75) is 83.7 Å². The van der Waals surface area contributed by atoms with E-state index in [0.29, 0.717) is 29.8 Å². The summed E-state index contributed by atoms with van der Waals surface area (Å²) in [7, 11) is 2.01. The second-order valence-electron chi connectivity index (χ2n) is 7.59. The third kappa shape index (κ3) is 4.47. The maximum Gasteiger partial charge on any atom is 0.222 e. The van der Waals surface area contributed by atoms with Gasteiger partial charge in [0.15, 0.2) is 0 Å². The van der Waals surface area contributed by atoms with Crippen LogP contribution in [-0.2, 0) is 4.79 Å². The van der Waals surface area contributed by atoms with Crippen LogP contribution in [0.15, 0.2) is 0 Å². The molecule has 2 fully saturated rings. The summed E-state index contributed by atoms with van der Waals surface area (Å²) in [6.45, 7) is 5.83. The summed E-state index contributed by atoms with van der Waals surface area (Å²) >= 11 is 0. The highest BCUT2D eigenvalue weighted by Gasteiger charge is 2.30. The number of hydrogen-bond donors (Lipinski definition) is 1. The normalized spacial score (nSPS) is 27.2. The van der Waals surface area contributed by atoms with Gasteiger partial charge in [0.25, 0.3) is 0 Å². The van der Waals surface area contributed by atoms with E-state index in [4.69, 9.17) is 0 Å². The minimum atomic E-state index is 0.349. The van der Waals surface area contributed by atoms with Gasteiger partial charge in [0.1, 0.15) is 0 Å². The minimum absolute atomic E-state index is 0.349. The Hall–Kier alpha value is -0.570. The predicted octanol–water partition coefficient (Wildman–Crippen LogP) is 3.34. The summed E-state index contributed by atoms with van der Waals surface area (Å²) in [5.74, 6) is 0.349. The van der Waals surface area contributed by atoms with Crippen molar-refractivity contribution in [2.24, 2.45) is 5.41 Å². The molecule has 1 amide bonds. The first kappa shape index (κ1) is 15.8. The number of rotatable bonds is 4. The molecule has 1 atom stereocenters. The van der Waals surface area contributed by atoms with Crippen molar-refractivity contribution in [1.82, 2.24) is 10.2 Å². The molecule has 0 aromatic heterocycles. The van der Waals surface area contributed by atoms with E-state index in [0.717, 1.165) is 13.0 Å². The van der Waals surface area contributed by atoms with Crippen LogP contribution in [0.1, 0.15) is 71.6 Å². The van der Waals surface area contributed by atoms with Gasteiger partial charge in [-0.1, -0.05) is 20.3 Å². The maximum absolute atomic E-state index is 12.3. The van der Waals surface area contributed by atoms with Crippen LogP contribution in [0.4, 0.5) is 0 Å². The van der Waals surface area contributed by atoms with Gasteiger partial charge in [-0.3, -0.25) is 4.79 Å². The van der Waals surface area contributed by atoms with Gasteiger partial charge in [-0.2, -0.15) is 0 Å². The summed E-state index contributed by atoms with van der Waals surface area (Å²) in [4.78, 5) is 14.4. The number of hydrogen-bond acceptors (Lipinski definition) is 2. The van der Waals surface area contributed by atoms with Crippen molar-refractivity contribution in [2.75, 3.05) is 13.6 Å². The molecule has 1 aliphatic carbocycles. The van der Waals surface area contributed by atoms with Crippen LogP contribution in [0.3, 0.4) is 0 Å². The molecule has 1 saturated carbocycles. The molecule has 0 aromatic rings. The van der Waals surface area contributed by atoms with E-state index >= 15 is 0 Å². The zero-order valence-corrected chi connectivity index (χ0v) is 13.6. The summed E-state index contributed by atoms with van der Waals surface area (Å²) in [6, 6.07) is 1.06. The first-order valence-corrected chi connectivity index (χ1v) is 8.47. The van der Waals surface area contributed by atoms with Gasteiger partial charge < -0.3 is 10.2 Å². The van der Waals surface area contributed by atoms with Crippen LogP contribution in [-0.4, -0.2) is 36.5 Å². The molecule has 1 heterocycles. The van der Waals surface area contributed by atoms with Crippen LogP contribution in [0.25, 0.3) is 0 Å². The number of amides is 1. The van der Waals surface area contributed by atoms with Gasteiger partial charge in [0.05, 0.1) is 0 Å². The number of nitrogens with one attached hydrogen (secondary N) is 1. The Morgan fingerprint density at radius 3 is 2.50 bits per heavy atom. The SMILES string of the molecule is CN(C(=O)CCC1CCCCN1)C1CCC(C)(C)CC1. The fourth-order valence-electron chi connectivity index (χ4n) is 3.62. The van der Waals surface area contributed by atoms with E-state index in [1.165, 1.54) is 44.9 Å². The van der Waals surface area contributed by atoms with Crippen LogP contribution in [0.5, 0.6) is 0 Å². The fourth-order valence-corrected chi connectivity index (χ4v) is 3.62. The van der Waals surface area contributed by atoms with Crippen molar-refractivity contribution < 1.29 is 4.79 Å². The van der Waals surface area contributed by atoms with E-state index in [-0.39, 0.29) is 0 Å². The van der Waals surface area contributed by atoms with Gasteiger partial charge in [-0.25, -0.2) is 0 Å². The molecule has 3 nitrogen and oxygen atoms in total. The molecule has 2 aliphatic rings. The van der Waals surface area contributed by atoms with E-state index in [2.05, 4.69) is 19.2 Å². The lowest BCUT2D eigenvalue weighted by atomic mass is 9.75. The molecule has 1 N–H and O–H groups in total. The van der Waals surface area contributed by atoms with Gasteiger partial charge in [-0.05, 0) is 56.9 Å².